The first-order valence-corrected chi connectivity index (χ1v) is 7.31. The van der Waals surface area contributed by atoms with E-state index in [4.69, 9.17) is 0 Å². The standard InChI is InChI=1S/C16H19FN4/c17-15-7-5-13(6-8-15)3-1-9-21-10-2-4-14(11-21)16-18-12-19-20-16/h1,3,5-8,12,14H,2,4,9-11H2,(H,18,19,20)/b3-1+/t14-/m0/s1. The van der Waals surface area contributed by atoms with Gasteiger partial charge in [0.2, 0.25) is 0 Å². The minimum absolute atomic E-state index is 0.196. The average Bonchev–Trinajstić information content (AvgIpc) is 3.04. The molecule has 21 heavy (non-hydrogen) atoms. The van der Waals surface area contributed by atoms with Crippen LogP contribution in [0.3, 0.4) is 0 Å². The average molecular weight is 286 g/mol. The summed E-state index contributed by atoms with van der Waals surface area (Å²) in [6, 6.07) is 6.56. The highest BCUT2D eigenvalue weighted by Crippen LogP contribution is 2.23. The van der Waals surface area contributed by atoms with E-state index in [2.05, 4.69) is 26.2 Å². The molecule has 1 aromatic carbocycles. The van der Waals surface area contributed by atoms with E-state index in [1.807, 2.05) is 6.08 Å². The molecule has 5 heteroatoms. The molecule has 0 aliphatic carbocycles. The zero-order valence-electron chi connectivity index (χ0n) is 11.9. The van der Waals surface area contributed by atoms with Crippen molar-refractivity contribution in [2.24, 2.45) is 0 Å². The van der Waals surface area contributed by atoms with E-state index in [0.717, 1.165) is 37.4 Å². The van der Waals surface area contributed by atoms with Gasteiger partial charge in [-0.1, -0.05) is 24.3 Å². The summed E-state index contributed by atoms with van der Waals surface area (Å²) in [6.45, 7) is 3.02. The highest BCUT2D eigenvalue weighted by atomic mass is 19.1. The molecule has 2 heterocycles. The van der Waals surface area contributed by atoms with E-state index in [9.17, 15) is 4.39 Å². The van der Waals surface area contributed by atoms with Crippen molar-refractivity contribution < 1.29 is 4.39 Å². The van der Waals surface area contributed by atoms with Crippen molar-refractivity contribution in [3.8, 4) is 0 Å². The number of benzene rings is 1. The van der Waals surface area contributed by atoms with Gasteiger partial charge in [0.15, 0.2) is 0 Å². The minimum atomic E-state index is -0.196. The fraction of sp³-hybridized carbons (Fsp3) is 0.375. The Labute approximate surface area is 123 Å². The zero-order chi connectivity index (χ0) is 14.5. The van der Waals surface area contributed by atoms with Crippen molar-refractivity contribution >= 4 is 6.08 Å². The maximum atomic E-state index is 12.8. The molecule has 2 aromatic rings. The van der Waals surface area contributed by atoms with E-state index in [1.165, 1.54) is 18.6 Å². The van der Waals surface area contributed by atoms with Crippen LogP contribution < -0.4 is 0 Å². The number of hydrogen-bond acceptors (Lipinski definition) is 3. The van der Waals surface area contributed by atoms with Crippen molar-refractivity contribution in [3.05, 3.63) is 53.9 Å². The van der Waals surface area contributed by atoms with Crippen LogP contribution in [-0.2, 0) is 0 Å². The van der Waals surface area contributed by atoms with Crippen molar-refractivity contribution in [1.82, 2.24) is 20.1 Å². The van der Waals surface area contributed by atoms with Crippen LogP contribution in [0.1, 0.15) is 30.1 Å². The molecule has 1 aromatic heterocycles. The summed E-state index contributed by atoms with van der Waals surface area (Å²) in [5.74, 6) is 1.24. The fourth-order valence-electron chi connectivity index (χ4n) is 2.77. The largest absolute Gasteiger partial charge is 0.299 e. The van der Waals surface area contributed by atoms with Gasteiger partial charge in [-0.05, 0) is 37.1 Å². The Morgan fingerprint density at radius 2 is 2.19 bits per heavy atom. The first-order valence-electron chi connectivity index (χ1n) is 7.31. The topological polar surface area (TPSA) is 44.8 Å². The van der Waals surface area contributed by atoms with Gasteiger partial charge in [-0.25, -0.2) is 9.37 Å². The number of piperidine rings is 1. The van der Waals surface area contributed by atoms with Gasteiger partial charge in [0.25, 0.3) is 0 Å². The van der Waals surface area contributed by atoms with E-state index in [-0.39, 0.29) is 5.82 Å². The van der Waals surface area contributed by atoms with Crippen LogP contribution in [0.5, 0.6) is 0 Å². The maximum Gasteiger partial charge on any atom is 0.137 e. The normalized spacial score (nSPS) is 20.1. The van der Waals surface area contributed by atoms with Gasteiger partial charge in [0.05, 0.1) is 0 Å². The van der Waals surface area contributed by atoms with Crippen molar-refractivity contribution in [2.45, 2.75) is 18.8 Å². The fourth-order valence-corrected chi connectivity index (χ4v) is 2.77. The maximum absolute atomic E-state index is 12.8. The Bertz CT molecular complexity index is 577. The highest BCUT2D eigenvalue weighted by Gasteiger charge is 2.22. The van der Waals surface area contributed by atoms with Gasteiger partial charge in [-0.15, -0.1) is 0 Å². The second-order valence-corrected chi connectivity index (χ2v) is 5.42. The van der Waals surface area contributed by atoms with Crippen LogP contribution in [0.4, 0.5) is 4.39 Å². The smallest absolute Gasteiger partial charge is 0.137 e. The first kappa shape index (κ1) is 13.9. The van der Waals surface area contributed by atoms with E-state index in [0.29, 0.717) is 5.92 Å². The molecular weight excluding hydrogens is 267 g/mol. The van der Waals surface area contributed by atoms with Crippen molar-refractivity contribution in [3.63, 3.8) is 0 Å². The minimum Gasteiger partial charge on any atom is -0.299 e. The number of nitrogens with one attached hydrogen (secondary N) is 1. The molecule has 110 valence electrons. The second kappa shape index (κ2) is 6.63. The molecule has 1 N–H and O–H groups in total. The quantitative estimate of drug-likeness (QED) is 0.940. The van der Waals surface area contributed by atoms with Gasteiger partial charge < -0.3 is 0 Å². The number of aromatic nitrogens is 3. The molecule has 0 spiro atoms. The summed E-state index contributed by atoms with van der Waals surface area (Å²) < 4.78 is 12.8. The third-order valence-corrected chi connectivity index (χ3v) is 3.87. The number of hydrogen-bond donors (Lipinski definition) is 1. The predicted molar refractivity (Wildman–Crippen MR) is 80.2 cm³/mol. The van der Waals surface area contributed by atoms with Crippen LogP contribution >= 0.6 is 0 Å². The van der Waals surface area contributed by atoms with Crippen LogP contribution in [0.2, 0.25) is 0 Å². The lowest BCUT2D eigenvalue weighted by molar-refractivity contribution is 0.224. The summed E-state index contributed by atoms with van der Waals surface area (Å²) in [6.07, 6.45) is 8.08. The Hall–Kier alpha value is -2.01. The molecule has 1 atom stereocenters. The van der Waals surface area contributed by atoms with Gasteiger partial charge in [0.1, 0.15) is 18.0 Å². The number of likely N-dealkylation sites (tertiary alicyclic amines) is 1. The van der Waals surface area contributed by atoms with Crippen LogP contribution in [0, 0.1) is 5.82 Å². The molecule has 0 radical (unpaired) electrons. The Kier molecular flexibility index (Phi) is 4.40. The third kappa shape index (κ3) is 3.76. The van der Waals surface area contributed by atoms with Crippen molar-refractivity contribution in [2.75, 3.05) is 19.6 Å². The summed E-state index contributed by atoms with van der Waals surface area (Å²) in [7, 11) is 0. The zero-order valence-corrected chi connectivity index (χ0v) is 11.9. The number of aromatic amines is 1. The molecule has 0 amide bonds. The molecule has 1 aliphatic rings. The molecule has 3 rings (SSSR count). The Morgan fingerprint density at radius 1 is 1.33 bits per heavy atom. The predicted octanol–water partition coefficient (Wildman–Crippen LogP) is 2.84. The molecule has 0 bridgehead atoms. The van der Waals surface area contributed by atoms with E-state index < -0.39 is 0 Å². The molecule has 1 saturated heterocycles. The lowest BCUT2D eigenvalue weighted by Crippen LogP contribution is -2.34. The molecule has 0 saturated carbocycles. The molecule has 0 unspecified atom stereocenters. The summed E-state index contributed by atoms with van der Waals surface area (Å²) >= 11 is 0. The van der Waals surface area contributed by atoms with Gasteiger partial charge in [-0.3, -0.25) is 10.00 Å². The highest BCUT2D eigenvalue weighted by molar-refractivity contribution is 5.48. The van der Waals surface area contributed by atoms with Gasteiger partial charge >= 0.3 is 0 Å². The molecule has 1 fully saturated rings. The number of nitrogens with zero attached hydrogens (tertiary/aromatic N) is 3. The number of halogens is 1. The molecular formula is C16H19FN4. The summed E-state index contributed by atoms with van der Waals surface area (Å²) in [4.78, 5) is 6.68. The van der Waals surface area contributed by atoms with Crippen LogP contribution in [0.25, 0.3) is 6.08 Å². The summed E-state index contributed by atoms with van der Waals surface area (Å²) in [5, 5.41) is 6.91. The van der Waals surface area contributed by atoms with E-state index in [1.54, 1.807) is 18.5 Å². The van der Waals surface area contributed by atoms with Crippen LogP contribution in [-0.4, -0.2) is 39.7 Å². The third-order valence-electron chi connectivity index (χ3n) is 3.87. The molecule has 4 nitrogen and oxygen atoms in total. The second-order valence-electron chi connectivity index (χ2n) is 5.42. The Morgan fingerprint density at radius 3 is 2.95 bits per heavy atom. The lowest BCUT2D eigenvalue weighted by atomic mass is 9.97. The number of H-pyrrole nitrogens is 1. The van der Waals surface area contributed by atoms with Gasteiger partial charge in [0, 0.05) is 19.0 Å². The molecule has 1 aliphatic heterocycles. The Balaban J connectivity index is 1.54. The van der Waals surface area contributed by atoms with E-state index >= 15 is 0 Å². The SMILES string of the molecule is Fc1ccc(/C=C/CN2CCC[C@H](c3ncn[nH]3)C2)cc1. The van der Waals surface area contributed by atoms with Crippen LogP contribution in [0.15, 0.2) is 36.7 Å². The first-order chi connectivity index (χ1) is 10.3. The van der Waals surface area contributed by atoms with Gasteiger partial charge in [-0.2, -0.15) is 5.10 Å². The lowest BCUT2D eigenvalue weighted by Gasteiger charge is -2.30. The monoisotopic (exact) mass is 286 g/mol. The van der Waals surface area contributed by atoms with Crippen molar-refractivity contribution in [1.29, 1.82) is 0 Å². The summed E-state index contributed by atoms with van der Waals surface area (Å²) in [5.41, 5.74) is 1.03. The number of rotatable bonds is 4.